The van der Waals surface area contributed by atoms with E-state index in [2.05, 4.69) is 17.6 Å². The molecule has 4 nitrogen and oxygen atoms in total. The lowest BCUT2D eigenvalue weighted by Crippen LogP contribution is -2.48. The third-order valence-corrected chi connectivity index (χ3v) is 4.87. The maximum Gasteiger partial charge on any atom is 0.0531 e. The predicted molar refractivity (Wildman–Crippen MR) is 77.4 cm³/mol. The Hall–Kier alpha value is -0.160. The van der Waals surface area contributed by atoms with Crippen LogP contribution in [0.5, 0.6) is 0 Å². The molecule has 2 saturated heterocycles. The first-order chi connectivity index (χ1) is 9.18. The van der Waals surface area contributed by atoms with Gasteiger partial charge in [-0.3, -0.25) is 0 Å². The molecule has 0 aromatic heterocycles. The third-order valence-electron chi connectivity index (χ3n) is 4.87. The fourth-order valence-electron chi connectivity index (χ4n) is 3.31. The van der Waals surface area contributed by atoms with Gasteiger partial charge in [-0.1, -0.05) is 6.92 Å². The largest absolute Gasteiger partial charge is 0.384 e. The molecule has 0 atom stereocenters. The van der Waals surface area contributed by atoms with Gasteiger partial charge in [0.2, 0.25) is 0 Å². The molecule has 0 spiro atoms. The van der Waals surface area contributed by atoms with Gasteiger partial charge in [0.15, 0.2) is 0 Å². The number of nitrogens with one attached hydrogen (secondary N) is 2. The van der Waals surface area contributed by atoms with Crippen LogP contribution in [-0.4, -0.2) is 53.1 Å². The van der Waals surface area contributed by atoms with Gasteiger partial charge in [-0.25, -0.2) is 0 Å². The van der Waals surface area contributed by atoms with Crippen molar-refractivity contribution in [3.05, 3.63) is 0 Å². The summed E-state index contributed by atoms with van der Waals surface area (Å²) in [4.78, 5) is 0. The molecule has 0 aromatic rings. The van der Waals surface area contributed by atoms with Crippen molar-refractivity contribution in [2.75, 3.05) is 53.1 Å². The van der Waals surface area contributed by atoms with Crippen LogP contribution in [0.25, 0.3) is 0 Å². The Morgan fingerprint density at radius 2 is 1.79 bits per heavy atom. The molecule has 2 aliphatic heterocycles. The minimum absolute atomic E-state index is 0.335. The summed E-state index contributed by atoms with van der Waals surface area (Å²) in [5.41, 5.74) is 0.751. The molecule has 0 radical (unpaired) electrons. The van der Waals surface area contributed by atoms with E-state index in [1.165, 1.54) is 25.7 Å². The Morgan fingerprint density at radius 3 is 2.42 bits per heavy atom. The maximum absolute atomic E-state index is 5.46. The number of ether oxygens (including phenoxy) is 2. The van der Waals surface area contributed by atoms with E-state index in [-0.39, 0.29) is 0 Å². The van der Waals surface area contributed by atoms with Gasteiger partial charge in [0.1, 0.15) is 0 Å². The van der Waals surface area contributed by atoms with E-state index >= 15 is 0 Å². The Morgan fingerprint density at radius 1 is 1.11 bits per heavy atom. The van der Waals surface area contributed by atoms with Crippen LogP contribution in [0.15, 0.2) is 0 Å². The van der Waals surface area contributed by atoms with Gasteiger partial charge < -0.3 is 20.1 Å². The number of piperidine rings is 1. The van der Waals surface area contributed by atoms with E-state index in [0.717, 1.165) is 46.0 Å². The van der Waals surface area contributed by atoms with E-state index < -0.39 is 0 Å². The molecule has 2 aliphatic rings. The van der Waals surface area contributed by atoms with Crippen LogP contribution < -0.4 is 10.6 Å². The fraction of sp³-hybridized carbons (Fsp3) is 1.00. The summed E-state index contributed by atoms with van der Waals surface area (Å²) in [6.07, 6.45) is 4.79. The van der Waals surface area contributed by atoms with Crippen LogP contribution in [0, 0.1) is 10.8 Å². The van der Waals surface area contributed by atoms with E-state index in [4.69, 9.17) is 9.47 Å². The lowest BCUT2D eigenvalue weighted by atomic mass is 9.78. The molecular formula is C15H30N2O2. The molecule has 4 heteroatoms. The molecule has 2 N–H and O–H groups in total. The Labute approximate surface area is 117 Å². The maximum atomic E-state index is 5.46. The molecule has 0 aliphatic carbocycles. The van der Waals surface area contributed by atoms with Gasteiger partial charge in [0.25, 0.3) is 0 Å². The summed E-state index contributed by atoms with van der Waals surface area (Å²) in [7, 11) is 1.82. The summed E-state index contributed by atoms with van der Waals surface area (Å²) in [5, 5.41) is 7.17. The quantitative estimate of drug-likeness (QED) is 0.766. The summed E-state index contributed by atoms with van der Waals surface area (Å²) >= 11 is 0. The molecule has 112 valence electrons. The number of hydrogen-bond donors (Lipinski definition) is 2. The third kappa shape index (κ3) is 4.42. The topological polar surface area (TPSA) is 42.5 Å². The molecule has 0 unspecified atom stereocenters. The standard InChI is InChI=1S/C15H30N2O2/c1-14(5-9-19-10-6-14)11-17-12-15(13-18-2)3-7-16-8-4-15/h16-17H,3-13H2,1-2H3. The smallest absolute Gasteiger partial charge is 0.0531 e. The van der Waals surface area contributed by atoms with Crippen molar-refractivity contribution in [2.45, 2.75) is 32.6 Å². The van der Waals surface area contributed by atoms with Crippen LogP contribution in [0.4, 0.5) is 0 Å². The predicted octanol–water partition coefficient (Wildman–Crippen LogP) is 1.41. The molecule has 19 heavy (non-hydrogen) atoms. The first kappa shape index (κ1) is 15.2. The SMILES string of the molecule is COCC1(CNCC2(C)CCOCC2)CCNCC1. The van der Waals surface area contributed by atoms with E-state index in [9.17, 15) is 0 Å². The normalized spacial score (nSPS) is 26.2. The highest BCUT2D eigenvalue weighted by atomic mass is 16.5. The average molecular weight is 270 g/mol. The number of methoxy groups -OCH3 is 1. The highest BCUT2D eigenvalue weighted by Gasteiger charge is 2.33. The van der Waals surface area contributed by atoms with Gasteiger partial charge in [0.05, 0.1) is 6.61 Å². The average Bonchev–Trinajstić information content (AvgIpc) is 2.40. The molecule has 2 rings (SSSR count). The zero-order valence-corrected chi connectivity index (χ0v) is 12.6. The van der Waals surface area contributed by atoms with Crippen LogP contribution in [0.3, 0.4) is 0 Å². The van der Waals surface area contributed by atoms with Gasteiger partial charge in [-0.05, 0) is 44.2 Å². The van der Waals surface area contributed by atoms with E-state index in [1.807, 2.05) is 7.11 Å². The Kier molecular flexibility index (Phi) is 5.63. The molecule has 0 amide bonds. The number of hydrogen-bond acceptors (Lipinski definition) is 4. The fourth-order valence-corrected chi connectivity index (χ4v) is 3.31. The first-order valence-electron chi connectivity index (χ1n) is 7.66. The van der Waals surface area contributed by atoms with Crippen molar-refractivity contribution >= 4 is 0 Å². The van der Waals surface area contributed by atoms with Crippen molar-refractivity contribution < 1.29 is 9.47 Å². The molecule has 2 fully saturated rings. The van der Waals surface area contributed by atoms with Gasteiger partial charge in [-0.2, -0.15) is 0 Å². The summed E-state index contributed by atoms with van der Waals surface area (Å²) in [5.74, 6) is 0. The first-order valence-corrected chi connectivity index (χ1v) is 7.66. The van der Waals surface area contributed by atoms with Crippen LogP contribution in [0.1, 0.15) is 32.6 Å². The Bertz CT molecular complexity index is 253. The van der Waals surface area contributed by atoms with Crippen molar-refractivity contribution in [1.29, 1.82) is 0 Å². The van der Waals surface area contributed by atoms with E-state index in [0.29, 0.717) is 10.8 Å². The van der Waals surface area contributed by atoms with Gasteiger partial charge in [0, 0.05) is 38.8 Å². The molecule has 0 bridgehead atoms. The van der Waals surface area contributed by atoms with Crippen LogP contribution >= 0.6 is 0 Å². The summed E-state index contributed by atoms with van der Waals surface area (Å²) in [6, 6.07) is 0. The van der Waals surface area contributed by atoms with Gasteiger partial charge in [-0.15, -0.1) is 0 Å². The highest BCUT2D eigenvalue weighted by molar-refractivity contribution is 4.88. The summed E-state index contributed by atoms with van der Waals surface area (Å²) < 4.78 is 10.9. The van der Waals surface area contributed by atoms with E-state index in [1.54, 1.807) is 0 Å². The molecule has 0 aromatic carbocycles. The van der Waals surface area contributed by atoms with Crippen LogP contribution in [0.2, 0.25) is 0 Å². The van der Waals surface area contributed by atoms with Gasteiger partial charge >= 0.3 is 0 Å². The monoisotopic (exact) mass is 270 g/mol. The minimum Gasteiger partial charge on any atom is -0.384 e. The minimum atomic E-state index is 0.335. The van der Waals surface area contributed by atoms with Crippen molar-refractivity contribution in [2.24, 2.45) is 10.8 Å². The van der Waals surface area contributed by atoms with Crippen molar-refractivity contribution in [1.82, 2.24) is 10.6 Å². The highest BCUT2D eigenvalue weighted by Crippen LogP contribution is 2.31. The number of rotatable bonds is 6. The lowest BCUT2D eigenvalue weighted by molar-refractivity contribution is 0.0174. The lowest BCUT2D eigenvalue weighted by Gasteiger charge is -2.39. The second-order valence-electron chi connectivity index (χ2n) is 6.71. The molecule has 2 heterocycles. The zero-order chi connectivity index (χ0) is 13.6. The molecular weight excluding hydrogens is 240 g/mol. The zero-order valence-electron chi connectivity index (χ0n) is 12.6. The second-order valence-corrected chi connectivity index (χ2v) is 6.71. The second kappa shape index (κ2) is 7.02. The molecule has 0 saturated carbocycles. The summed E-state index contributed by atoms with van der Waals surface area (Å²) in [6.45, 7) is 9.53. The van der Waals surface area contributed by atoms with Crippen LogP contribution in [-0.2, 0) is 9.47 Å². The van der Waals surface area contributed by atoms with Crippen molar-refractivity contribution in [3.63, 3.8) is 0 Å². The van der Waals surface area contributed by atoms with Crippen molar-refractivity contribution in [3.8, 4) is 0 Å². The Balaban J connectivity index is 1.78.